The summed E-state index contributed by atoms with van der Waals surface area (Å²) in [6.45, 7) is 7.43. The predicted octanol–water partition coefficient (Wildman–Crippen LogP) is 3.21. The van der Waals surface area contributed by atoms with Crippen molar-refractivity contribution in [1.29, 1.82) is 0 Å². The molecule has 1 aliphatic rings. The van der Waals surface area contributed by atoms with E-state index in [2.05, 4.69) is 19.8 Å². The van der Waals surface area contributed by atoms with Crippen LogP contribution in [0.2, 0.25) is 0 Å². The number of ether oxygens (including phenoxy) is 1. The second kappa shape index (κ2) is 7.63. The molecule has 0 amide bonds. The van der Waals surface area contributed by atoms with E-state index in [1.54, 1.807) is 25.4 Å². The molecule has 0 radical (unpaired) electrons. The Bertz CT molecular complexity index is 995. The van der Waals surface area contributed by atoms with E-state index in [4.69, 9.17) is 4.74 Å². The Kier molecular flexibility index (Phi) is 5.04. The van der Waals surface area contributed by atoms with Gasteiger partial charge in [0.25, 0.3) is 0 Å². The van der Waals surface area contributed by atoms with Crippen LogP contribution < -0.4 is 9.80 Å². The SMILES string of the molecule is CCOC(=O)c1sc2ncnc(N3CCN(c4ccc(O)cc4)CC3)c2c1C. The van der Waals surface area contributed by atoms with E-state index in [9.17, 15) is 9.90 Å². The first kappa shape index (κ1) is 18.5. The highest BCUT2D eigenvalue weighted by Crippen LogP contribution is 2.35. The minimum Gasteiger partial charge on any atom is -0.508 e. The van der Waals surface area contributed by atoms with Crippen molar-refractivity contribution in [2.24, 2.45) is 0 Å². The number of rotatable bonds is 4. The van der Waals surface area contributed by atoms with Crippen LogP contribution in [0.15, 0.2) is 30.6 Å². The van der Waals surface area contributed by atoms with Crippen LogP contribution in [0, 0.1) is 6.92 Å². The zero-order chi connectivity index (χ0) is 19.7. The number of nitrogens with zero attached hydrogens (tertiary/aromatic N) is 4. The van der Waals surface area contributed by atoms with Crippen molar-refractivity contribution in [2.45, 2.75) is 13.8 Å². The van der Waals surface area contributed by atoms with E-state index in [-0.39, 0.29) is 11.7 Å². The standard InChI is InChI=1S/C20H22N4O3S/c1-3-27-20(26)17-13(2)16-18(21-12-22-19(16)28-17)24-10-8-23(9-11-24)14-4-6-15(25)7-5-14/h4-7,12,25H,3,8-11H2,1-2H3. The van der Waals surface area contributed by atoms with E-state index < -0.39 is 0 Å². The van der Waals surface area contributed by atoms with Crippen LogP contribution in [-0.4, -0.2) is 53.8 Å². The van der Waals surface area contributed by atoms with Gasteiger partial charge in [-0.3, -0.25) is 0 Å². The van der Waals surface area contributed by atoms with E-state index in [1.807, 2.05) is 19.1 Å². The predicted molar refractivity (Wildman–Crippen MR) is 111 cm³/mol. The van der Waals surface area contributed by atoms with Gasteiger partial charge >= 0.3 is 5.97 Å². The number of aromatic hydroxyl groups is 1. The van der Waals surface area contributed by atoms with E-state index in [0.29, 0.717) is 11.5 Å². The van der Waals surface area contributed by atoms with Gasteiger partial charge in [0.15, 0.2) is 0 Å². The van der Waals surface area contributed by atoms with Gasteiger partial charge in [0.05, 0.1) is 12.0 Å². The molecule has 3 heterocycles. The minimum atomic E-state index is -0.300. The number of thiophene rings is 1. The normalized spacial score (nSPS) is 14.5. The molecule has 4 rings (SSSR count). The van der Waals surface area contributed by atoms with Crippen molar-refractivity contribution < 1.29 is 14.6 Å². The summed E-state index contributed by atoms with van der Waals surface area (Å²) in [4.78, 5) is 27.1. The molecular formula is C20H22N4O3S. The summed E-state index contributed by atoms with van der Waals surface area (Å²) in [5.41, 5.74) is 1.98. The van der Waals surface area contributed by atoms with Gasteiger partial charge in [-0.05, 0) is 43.7 Å². The largest absolute Gasteiger partial charge is 0.508 e. The summed E-state index contributed by atoms with van der Waals surface area (Å²) in [5.74, 6) is 0.849. The third-order valence-electron chi connectivity index (χ3n) is 4.96. The maximum atomic E-state index is 12.2. The van der Waals surface area contributed by atoms with Gasteiger partial charge in [0.1, 0.15) is 27.6 Å². The third-order valence-corrected chi connectivity index (χ3v) is 6.14. The number of fused-ring (bicyclic) bond motifs is 1. The average Bonchev–Trinajstić information content (AvgIpc) is 3.06. The number of esters is 1. The number of phenols is 1. The van der Waals surface area contributed by atoms with Gasteiger partial charge in [-0.2, -0.15) is 0 Å². The van der Waals surface area contributed by atoms with Crippen molar-refractivity contribution >= 4 is 39.0 Å². The molecular weight excluding hydrogens is 376 g/mol. The second-order valence-corrected chi connectivity index (χ2v) is 7.64. The van der Waals surface area contributed by atoms with Crippen LogP contribution in [0.3, 0.4) is 0 Å². The van der Waals surface area contributed by atoms with E-state index in [1.165, 1.54) is 11.3 Å². The molecule has 1 fully saturated rings. The number of piperazine rings is 1. The zero-order valence-corrected chi connectivity index (χ0v) is 16.7. The van der Waals surface area contributed by atoms with Crippen LogP contribution in [0.1, 0.15) is 22.2 Å². The van der Waals surface area contributed by atoms with Crippen LogP contribution >= 0.6 is 11.3 Å². The number of phenolic OH excluding ortho intramolecular Hbond substituents is 1. The van der Waals surface area contributed by atoms with E-state index >= 15 is 0 Å². The topological polar surface area (TPSA) is 78.8 Å². The Morgan fingerprint density at radius 2 is 1.82 bits per heavy atom. The van der Waals surface area contributed by atoms with Crippen molar-refractivity contribution in [1.82, 2.24) is 9.97 Å². The second-order valence-electron chi connectivity index (χ2n) is 6.64. The molecule has 28 heavy (non-hydrogen) atoms. The number of benzene rings is 1. The van der Waals surface area contributed by atoms with Crippen molar-refractivity contribution in [3.63, 3.8) is 0 Å². The Labute approximate surface area is 167 Å². The summed E-state index contributed by atoms with van der Waals surface area (Å²) in [7, 11) is 0. The zero-order valence-electron chi connectivity index (χ0n) is 15.9. The fraction of sp³-hybridized carbons (Fsp3) is 0.350. The first-order valence-electron chi connectivity index (χ1n) is 9.28. The average molecular weight is 398 g/mol. The summed E-state index contributed by atoms with van der Waals surface area (Å²) in [6.07, 6.45) is 1.56. The lowest BCUT2D eigenvalue weighted by atomic mass is 10.1. The summed E-state index contributed by atoms with van der Waals surface area (Å²) in [5, 5.41) is 10.4. The summed E-state index contributed by atoms with van der Waals surface area (Å²) >= 11 is 1.36. The molecule has 3 aromatic rings. The quantitative estimate of drug-likeness (QED) is 0.676. The van der Waals surface area contributed by atoms with Crippen LogP contribution in [-0.2, 0) is 4.74 Å². The van der Waals surface area contributed by atoms with Gasteiger partial charge in [-0.15, -0.1) is 11.3 Å². The van der Waals surface area contributed by atoms with Crippen LogP contribution in [0.4, 0.5) is 11.5 Å². The minimum absolute atomic E-state index is 0.274. The Morgan fingerprint density at radius 3 is 2.50 bits per heavy atom. The Balaban J connectivity index is 1.58. The number of aryl methyl sites for hydroxylation is 1. The molecule has 1 aromatic carbocycles. The van der Waals surface area contributed by atoms with Crippen molar-refractivity contribution in [3.8, 4) is 5.75 Å². The first-order chi connectivity index (χ1) is 13.6. The maximum Gasteiger partial charge on any atom is 0.348 e. The number of hydrogen-bond donors (Lipinski definition) is 1. The number of hydrogen-bond acceptors (Lipinski definition) is 8. The highest BCUT2D eigenvalue weighted by Gasteiger charge is 2.25. The Morgan fingerprint density at radius 1 is 1.14 bits per heavy atom. The molecule has 7 nitrogen and oxygen atoms in total. The summed E-state index contributed by atoms with van der Waals surface area (Å²) < 4.78 is 5.18. The Hall–Kier alpha value is -2.87. The van der Waals surface area contributed by atoms with Gasteiger partial charge in [0, 0.05) is 31.9 Å². The fourth-order valence-corrected chi connectivity index (χ4v) is 4.56. The summed E-state index contributed by atoms with van der Waals surface area (Å²) in [6, 6.07) is 7.29. The first-order valence-corrected chi connectivity index (χ1v) is 10.1. The molecule has 146 valence electrons. The molecule has 1 saturated heterocycles. The highest BCUT2D eigenvalue weighted by molar-refractivity contribution is 7.20. The third kappa shape index (κ3) is 3.35. The number of anilines is 2. The highest BCUT2D eigenvalue weighted by atomic mass is 32.1. The molecule has 0 spiro atoms. The molecule has 1 N–H and O–H groups in total. The lowest BCUT2D eigenvalue weighted by Crippen LogP contribution is -2.46. The van der Waals surface area contributed by atoms with Gasteiger partial charge in [-0.25, -0.2) is 14.8 Å². The van der Waals surface area contributed by atoms with Gasteiger partial charge in [-0.1, -0.05) is 0 Å². The molecule has 1 aliphatic heterocycles. The molecule has 2 aromatic heterocycles. The van der Waals surface area contributed by atoms with Crippen molar-refractivity contribution in [3.05, 3.63) is 41.0 Å². The lowest BCUT2D eigenvalue weighted by molar-refractivity contribution is 0.0531. The molecule has 0 aliphatic carbocycles. The van der Waals surface area contributed by atoms with E-state index in [0.717, 1.165) is 53.5 Å². The molecule has 0 unspecified atom stereocenters. The monoisotopic (exact) mass is 398 g/mol. The smallest absolute Gasteiger partial charge is 0.348 e. The number of aromatic nitrogens is 2. The molecule has 0 atom stereocenters. The van der Waals surface area contributed by atoms with Crippen molar-refractivity contribution in [2.75, 3.05) is 42.6 Å². The van der Waals surface area contributed by atoms with Gasteiger partial charge in [0.2, 0.25) is 0 Å². The molecule has 0 bridgehead atoms. The number of carbonyl (C=O) groups is 1. The molecule has 0 saturated carbocycles. The maximum absolute atomic E-state index is 12.2. The van der Waals surface area contributed by atoms with Crippen LogP contribution in [0.5, 0.6) is 5.75 Å². The fourth-order valence-electron chi connectivity index (χ4n) is 3.52. The lowest BCUT2D eigenvalue weighted by Gasteiger charge is -2.37. The van der Waals surface area contributed by atoms with Gasteiger partial charge < -0.3 is 19.6 Å². The van der Waals surface area contributed by atoms with Crippen LogP contribution in [0.25, 0.3) is 10.2 Å². The number of carbonyl (C=O) groups excluding carboxylic acids is 1. The molecule has 8 heteroatoms.